The number of nitrogens with one attached hydrogen (secondary N) is 3. The van der Waals surface area contributed by atoms with Gasteiger partial charge < -0.3 is 26.0 Å². The Bertz CT molecular complexity index is 858. The Balaban J connectivity index is 1.52. The average molecular weight is 393 g/mol. The van der Waals surface area contributed by atoms with Crippen LogP contribution in [0.5, 0.6) is 0 Å². The molecule has 0 spiro atoms. The van der Waals surface area contributed by atoms with E-state index in [1.54, 1.807) is 12.4 Å². The molecule has 2 aromatic heterocycles. The van der Waals surface area contributed by atoms with Gasteiger partial charge in [-0.1, -0.05) is 0 Å². The number of β-amino-alcohol motifs (C(OH)–C–C–N with tert-alkyl or cyclic N) is 1. The molecule has 1 unspecified atom stereocenters. The number of hydrogen-bond acceptors (Lipinski definition) is 8. The normalized spacial score (nSPS) is 21.6. The van der Waals surface area contributed by atoms with Crippen LogP contribution in [0, 0.1) is 18.3 Å². The second kappa shape index (κ2) is 9.07. The summed E-state index contributed by atoms with van der Waals surface area (Å²) in [6, 6.07) is 1.99. The van der Waals surface area contributed by atoms with Gasteiger partial charge in [0.05, 0.1) is 36.1 Å². The number of piperidine rings is 1. The van der Waals surface area contributed by atoms with Crippen LogP contribution in [0.25, 0.3) is 0 Å². The molecule has 0 aromatic carbocycles. The third kappa shape index (κ3) is 4.94. The summed E-state index contributed by atoms with van der Waals surface area (Å²) < 4.78 is 0. The Hall–Kier alpha value is -2.89. The fourth-order valence-electron chi connectivity index (χ4n) is 3.82. The van der Waals surface area contributed by atoms with Crippen LogP contribution in [-0.2, 0) is 0 Å². The molecule has 0 saturated carbocycles. The van der Waals surface area contributed by atoms with Gasteiger partial charge >= 0.3 is 0 Å². The maximum atomic E-state index is 9.95. The molecule has 2 fully saturated rings. The first-order chi connectivity index (χ1) is 14.2. The lowest BCUT2D eigenvalue weighted by Crippen LogP contribution is -2.33. The first kappa shape index (κ1) is 19.4. The van der Waals surface area contributed by atoms with Gasteiger partial charge in [-0.25, -0.2) is 15.0 Å². The molecule has 0 amide bonds. The second-order valence-corrected chi connectivity index (χ2v) is 7.62. The Kier molecular flexibility index (Phi) is 6.08. The minimum atomic E-state index is -0.284. The predicted molar refractivity (Wildman–Crippen MR) is 114 cm³/mol. The van der Waals surface area contributed by atoms with Crippen LogP contribution in [0.3, 0.4) is 0 Å². The van der Waals surface area contributed by atoms with Gasteiger partial charge in [-0.15, -0.1) is 6.42 Å². The molecule has 0 radical (unpaired) electrons. The molecule has 4 heterocycles. The van der Waals surface area contributed by atoms with Gasteiger partial charge in [0, 0.05) is 25.7 Å². The summed E-state index contributed by atoms with van der Waals surface area (Å²) in [5.41, 5.74) is 2.52. The van der Waals surface area contributed by atoms with Crippen LogP contribution < -0.4 is 20.9 Å². The maximum absolute atomic E-state index is 9.95. The fraction of sp³-hybridized carbons (Fsp3) is 0.476. The Labute approximate surface area is 171 Å². The molecule has 8 nitrogen and oxygen atoms in total. The molecule has 2 aliphatic heterocycles. The highest BCUT2D eigenvalue weighted by Gasteiger charge is 2.23. The number of aliphatic hydroxyl groups excluding tert-OH is 1. The van der Waals surface area contributed by atoms with Crippen LogP contribution in [0.15, 0.2) is 24.7 Å². The highest BCUT2D eigenvalue weighted by atomic mass is 16.3. The third-order valence-corrected chi connectivity index (χ3v) is 5.42. The highest BCUT2D eigenvalue weighted by molar-refractivity contribution is 5.73. The Morgan fingerprint density at radius 3 is 2.79 bits per heavy atom. The van der Waals surface area contributed by atoms with Crippen molar-refractivity contribution in [1.29, 1.82) is 0 Å². The van der Waals surface area contributed by atoms with E-state index in [0.717, 1.165) is 44.0 Å². The molecule has 29 heavy (non-hydrogen) atoms. The fourth-order valence-corrected chi connectivity index (χ4v) is 3.82. The number of nitrogens with zero attached hydrogens (tertiary/aromatic N) is 4. The molecular formula is C21H27N7O. The van der Waals surface area contributed by atoms with Gasteiger partial charge in [0.1, 0.15) is 17.3 Å². The minimum Gasteiger partial charge on any atom is -0.391 e. The largest absolute Gasteiger partial charge is 0.391 e. The third-order valence-electron chi connectivity index (χ3n) is 5.42. The SMILES string of the molecule is C#Cc1cnc(Nc2cc(NCC3CCCNC3)c(N3CC[C@H](O)C3)cn2)cn1. The van der Waals surface area contributed by atoms with Gasteiger partial charge in [0.2, 0.25) is 0 Å². The van der Waals surface area contributed by atoms with E-state index >= 15 is 0 Å². The molecule has 0 aliphatic carbocycles. The maximum Gasteiger partial charge on any atom is 0.150 e. The van der Waals surface area contributed by atoms with E-state index < -0.39 is 0 Å². The van der Waals surface area contributed by atoms with Crippen molar-refractivity contribution in [3.8, 4) is 12.3 Å². The van der Waals surface area contributed by atoms with Crippen molar-refractivity contribution in [3.63, 3.8) is 0 Å². The lowest BCUT2D eigenvalue weighted by atomic mass is 10.00. The van der Waals surface area contributed by atoms with Crippen LogP contribution in [0.2, 0.25) is 0 Å². The van der Waals surface area contributed by atoms with E-state index in [9.17, 15) is 5.11 Å². The smallest absolute Gasteiger partial charge is 0.150 e. The zero-order valence-electron chi connectivity index (χ0n) is 16.4. The minimum absolute atomic E-state index is 0.284. The molecule has 8 heteroatoms. The molecule has 2 atom stereocenters. The van der Waals surface area contributed by atoms with E-state index in [2.05, 4.69) is 41.7 Å². The average Bonchev–Trinajstić information content (AvgIpc) is 3.20. The van der Waals surface area contributed by atoms with Gasteiger partial charge in [-0.05, 0) is 44.2 Å². The van der Waals surface area contributed by atoms with Crippen LogP contribution >= 0.6 is 0 Å². The van der Waals surface area contributed by atoms with Crippen molar-refractivity contribution in [2.45, 2.75) is 25.4 Å². The van der Waals surface area contributed by atoms with Crippen LogP contribution in [0.4, 0.5) is 23.0 Å². The molecule has 2 aliphatic rings. The van der Waals surface area contributed by atoms with Gasteiger partial charge in [0.15, 0.2) is 0 Å². The lowest BCUT2D eigenvalue weighted by molar-refractivity contribution is 0.198. The first-order valence-corrected chi connectivity index (χ1v) is 10.1. The van der Waals surface area contributed by atoms with E-state index in [4.69, 9.17) is 6.42 Å². The summed E-state index contributed by atoms with van der Waals surface area (Å²) >= 11 is 0. The van der Waals surface area contributed by atoms with Gasteiger partial charge in [0.25, 0.3) is 0 Å². The summed E-state index contributed by atoms with van der Waals surface area (Å²) in [7, 11) is 0. The number of terminal acetylenes is 1. The predicted octanol–water partition coefficient (Wildman–Crippen LogP) is 1.58. The van der Waals surface area contributed by atoms with Crippen molar-refractivity contribution in [1.82, 2.24) is 20.3 Å². The summed E-state index contributed by atoms with van der Waals surface area (Å²) in [5, 5.41) is 20.2. The number of rotatable bonds is 6. The topological polar surface area (TPSA) is 98.2 Å². The second-order valence-electron chi connectivity index (χ2n) is 7.62. The number of pyridine rings is 1. The number of aliphatic hydroxyl groups is 1. The van der Waals surface area contributed by atoms with Crippen LogP contribution in [0.1, 0.15) is 25.0 Å². The summed E-state index contributed by atoms with van der Waals surface area (Å²) in [5.74, 6) is 4.33. The molecular weight excluding hydrogens is 366 g/mol. The first-order valence-electron chi connectivity index (χ1n) is 10.1. The monoisotopic (exact) mass is 393 g/mol. The summed E-state index contributed by atoms with van der Waals surface area (Å²) in [4.78, 5) is 15.2. The molecule has 0 bridgehead atoms. The van der Waals surface area contributed by atoms with Gasteiger partial charge in [-0.2, -0.15) is 0 Å². The van der Waals surface area contributed by atoms with Crippen LogP contribution in [-0.4, -0.2) is 58.9 Å². The number of anilines is 4. The lowest BCUT2D eigenvalue weighted by Gasteiger charge is -2.26. The number of aromatic nitrogens is 3. The van der Waals surface area contributed by atoms with E-state index in [1.807, 2.05) is 12.3 Å². The van der Waals surface area contributed by atoms with Crippen molar-refractivity contribution in [3.05, 3.63) is 30.4 Å². The molecule has 4 rings (SSSR count). The summed E-state index contributed by atoms with van der Waals surface area (Å²) in [6.07, 6.45) is 13.3. The van der Waals surface area contributed by atoms with Crippen molar-refractivity contribution < 1.29 is 5.11 Å². The molecule has 2 saturated heterocycles. The highest BCUT2D eigenvalue weighted by Crippen LogP contribution is 2.31. The zero-order chi connectivity index (χ0) is 20.1. The van der Waals surface area contributed by atoms with E-state index in [1.165, 1.54) is 12.8 Å². The molecule has 4 N–H and O–H groups in total. The zero-order valence-corrected chi connectivity index (χ0v) is 16.4. The summed E-state index contributed by atoms with van der Waals surface area (Å²) in [6.45, 7) is 4.51. The van der Waals surface area contributed by atoms with E-state index in [-0.39, 0.29) is 6.10 Å². The van der Waals surface area contributed by atoms with Gasteiger partial charge in [-0.3, -0.25) is 0 Å². The standard InChI is InChI=1S/C21H27N7O/c1-2-16-11-25-21(13-23-16)27-20-8-18(24-10-15-4-3-6-22-9-15)19(12-26-20)28-7-5-17(29)14-28/h1,8,11-13,15,17,22,29H,3-7,9-10,14H2,(H2,24,25,26,27)/t15?,17-/m0/s1. The Morgan fingerprint density at radius 2 is 2.10 bits per heavy atom. The quantitative estimate of drug-likeness (QED) is 0.549. The van der Waals surface area contributed by atoms with E-state index in [0.29, 0.717) is 29.8 Å². The van der Waals surface area contributed by atoms with Crippen molar-refractivity contribution in [2.75, 3.05) is 48.3 Å². The number of hydrogen-bond donors (Lipinski definition) is 4. The molecule has 152 valence electrons. The van der Waals surface area contributed by atoms with Crippen molar-refractivity contribution >= 4 is 23.0 Å². The molecule has 2 aromatic rings. The Morgan fingerprint density at radius 1 is 1.21 bits per heavy atom. The van der Waals surface area contributed by atoms with Crippen molar-refractivity contribution in [2.24, 2.45) is 5.92 Å².